The van der Waals surface area contributed by atoms with Crippen LogP contribution in [0.3, 0.4) is 0 Å². The lowest BCUT2D eigenvalue weighted by atomic mass is 10.1. The number of aryl methyl sites for hydroxylation is 1. The summed E-state index contributed by atoms with van der Waals surface area (Å²) in [6.45, 7) is 12.0. The zero-order chi connectivity index (χ0) is 12.3. The van der Waals surface area contributed by atoms with Crippen LogP contribution in [0.1, 0.15) is 33.3 Å². The highest BCUT2D eigenvalue weighted by Gasteiger charge is 2.16. The molecule has 1 aromatic rings. The lowest BCUT2D eigenvalue weighted by Gasteiger charge is -2.30. The van der Waals surface area contributed by atoms with Crippen LogP contribution in [0, 0.1) is 12.8 Å². The summed E-state index contributed by atoms with van der Waals surface area (Å²) in [6.07, 6.45) is 1.88. The molecule has 0 saturated carbocycles. The molecule has 0 bridgehead atoms. The van der Waals surface area contributed by atoms with Crippen LogP contribution in [0.15, 0.2) is 16.7 Å². The van der Waals surface area contributed by atoms with Crippen molar-refractivity contribution in [1.29, 1.82) is 0 Å². The number of halogens is 1. The maximum absolute atomic E-state index is 4.49. The standard InChI is InChI=1S/C13H21BrN2/c1-9(2)8-16(10(3)4)13-12(14)11(5)6-7-15-13/h6-7,9-10H,8H2,1-5H3. The molecule has 0 aromatic carbocycles. The van der Waals surface area contributed by atoms with Crippen molar-refractivity contribution in [2.24, 2.45) is 5.92 Å². The number of aromatic nitrogens is 1. The zero-order valence-corrected chi connectivity index (χ0v) is 12.4. The highest BCUT2D eigenvalue weighted by atomic mass is 79.9. The van der Waals surface area contributed by atoms with E-state index in [1.165, 1.54) is 5.56 Å². The van der Waals surface area contributed by atoms with Crippen molar-refractivity contribution in [2.45, 2.75) is 40.7 Å². The molecular formula is C13H21BrN2. The lowest BCUT2D eigenvalue weighted by molar-refractivity contribution is 0.565. The van der Waals surface area contributed by atoms with Gasteiger partial charge < -0.3 is 4.90 Å². The smallest absolute Gasteiger partial charge is 0.143 e. The second-order valence-electron chi connectivity index (χ2n) is 4.91. The van der Waals surface area contributed by atoms with Gasteiger partial charge in [0.15, 0.2) is 0 Å². The minimum Gasteiger partial charge on any atom is -0.353 e. The molecule has 0 radical (unpaired) electrons. The minimum atomic E-state index is 0.466. The minimum absolute atomic E-state index is 0.466. The average Bonchev–Trinajstić information content (AvgIpc) is 2.18. The Morgan fingerprint density at radius 3 is 2.44 bits per heavy atom. The fourth-order valence-electron chi connectivity index (χ4n) is 1.66. The topological polar surface area (TPSA) is 16.1 Å². The summed E-state index contributed by atoms with van der Waals surface area (Å²) >= 11 is 3.63. The fourth-order valence-corrected chi connectivity index (χ4v) is 2.12. The van der Waals surface area contributed by atoms with Gasteiger partial charge in [-0.1, -0.05) is 13.8 Å². The first-order valence-electron chi connectivity index (χ1n) is 5.81. The summed E-state index contributed by atoms with van der Waals surface area (Å²) in [7, 11) is 0. The monoisotopic (exact) mass is 284 g/mol. The fraction of sp³-hybridized carbons (Fsp3) is 0.615. The van der Waals surface area contributed by atoms with Gasteiger partial charge in [0, 0.05) is 18.8 Å². The third-order valence-corrected chi connectivity index (χ3v) is 3.50. The number of hydrogen-bond donors (Lipinski definition) is 0. The van der Waals surface area contributed by atoms with Crippen LogP contribution >= 0.6 is 15.9 Å². The van der Waals surface area contributed by atoms with E-state index in [-0.39, 0.29) is 0 Å². The molecule has 0 saturated heterocycles. The summed E-state index contributed by atoms with van der Waals surface area (Å²) in [6, 6.07) is 2.49. The average molecular weight is 285 g/mol. The van der Waals surface area contributed by atoms with Crippen LogP contribution in [0.25, 0.3) is 0 Å². The predicted octanol–water partition coefficient (Wildman–Crippen LogP) is 4.02. The van der Waals surface area contributed by atoms with Crippen LogP contribution in [-0.4, -0.2) is 17.6 Å². The zero-order valence-electron chi connectivity index (χ0n) is 10.8. The molecule has 1 heterocycles. The summed E-state index contributed by atoms with van der Waals surface area (Å²) < 4.78 is 1.12. The molecule has 1 aromatic heterocycles. The Morgan fingerprint density at radius 2 is 1.94 bits per heavy atom. The normalized spacial score (nSPS) is 11.2. The van der Waals surface area contributed by atoms with E-state index in [0.29, 0.717) is 12.0 Å². The van der Waals surface area contributed by atoms with E-state index in [0.717, 1.165) is 16.8 Å². The van der Waals surface area contributed by atoms with Crippen molar-refractivity contribution >= 4 is 21.7 Å². The van der Waals surface area contributed by atoms with E-state index >= 15 is 0 Å². The van der Waals surface area contributed by atoms with Crippen molar-refractivity contribution in [3.63, 3.8) is 0 Å². The van der Waals surface area contributed by atoms with Gasteiger partial charge >= 0.3 is 0 Å². The molecule has 2 nitrogen and oxygen atoms in total. The van der Waals surface area contributed by atoms with Gasteiger partial charge in [0.05, 0.1) is 4.47 Å². The third-order valence-electron chi connectivity index (χ3n) is 2.52. The molecule has 0 N–H and O–H groups in total. The summed E-state index contributed by atoms with van der Waals surface area (Å²) in [5.41, 5.74) is 1.24. The Bertz CT molecular complexity index is 348. The quantitative estimate of drug-likeness (QED) is 0.830. The van der Waals surface area contributed by atoms with Crippen molar-refractivity contribution in [1.82, 2.24) is 4.98 Å². The van der Waals surface area contributed by atoms with Crippen molar-refractivity contribution in [3.8, 4) is 0 Å². The van der Waals surface area contributed by atoms with E-state index in [2.05, 4.69) is 60.4 Å². The van der Waals surface area contributed by atoms with Gasteiger partial charge in [0.2, 0.25) is 0 Å². The summed E-state index contributed by atoms with van der Waals surface area (Å²) in [5, 5.41) is 0. The van der Waals surface area contributed by atoms with Crippen LogP contribution in [0.5, 0.6) is 0 Å². The SMILES string of the molecule is Cc1ccnc(N(CC(C)C)C(C)C)c1Br. The van der Waals surface area contributed by atoms with Crippen LogP contribution in [-0.2, 0) is 0 Å². The molecule has 90 valence electrons. The van der Waals surface area contributed by atoms with Crippen LogP contribution < -0.4 is 4.90 Å². The molecule has 0 spiro atoms. The highest BCUT2D eigenvalue weighted by Crippen LogP contribution is 2.28. The molecule has 0 unspecified atom stereocenters. The van der Waals surface area contributed by atoms with E-state index in [1.54, 1.807) is 0 Å². The van der Waals surface area contributed by atoms with Gasteiger partial charge in [0.1, 0.15) is 5.82 Å². The molecular weight excluding hydrogens is 264 g/mol. The maximum Gasteiger partial charge on any atom is 0.143 e. The Balaban J connectivity index is 3.06. The van der Waals surface area contributed by atoms with Gasteiger partial charge in [-0.25, -0.2) is 4.98 Å². The van der Waals surface area contributed by atoms with Crippen molar-refractivity contribution in [2.75, 3.05) is 11.4 Å². The number of hydrogen-bond acceptors (Lipinski definition) is 2. The van der Waals surface area contributed by atoms with Crippen LogP contribution in [0.2, 0.25) is 0 Å². The molecule has 3 heteroatoms. The largest absolute Gasteiger partial charge is 0.353 e. The van der Waals surface area contributed by atoms with E-state index in [9.17, 15) is 0 Å². The molecule has 0 aliphatic heterocycles. The highest BCUT2D eigenvalue weighted by molar-refractivity contribution is 9.10. The molecule has 0 fully saturated rings. The van der Waals surface area contributed by atoms with Gasteiger partial charge in [-0.05, 0) is 54.2 Å². The van der Waals surface area contributed by atoms with Crippen molar-refractivity contribution < 1.29 is 0 Å². The molecule has 1 rings (SSSR count). The lowest BCUT2D eigenvalue weighted by Crippen LogP contribution is -2.35. The van der Waals surface area contributed by atoms with Gasteiger partial charge in [-0.3, -0.25) is 0 Å². The number of nitrogens with zero attached hydrogens (tertiary/aromatic N) is 2. The van der Waals surface area contributed by atoms with Gasteiger partial charge in [-0.2, -0.15) is 0 Å². The Hall–Kier alpha value is -0.570. The van der Waals surface area contributed by atoms with Gasteiger partial charge in [-0.15, -0.1) is 0 Å². The molecule has 0 atom stereocenters. The first-order valence-corrected chi connectivity index (χ1v) is 6.60. The van der Waals surface area contributed by atoms with E-state index in [4.69, 9.17) is 0 Å². The molecule has 0 aliphatic carbocycles. The number of anilines is 1. The Labute approximate surface area is 107 Å². The van der Waals surface area contributed by atoms with E-state index in [1.807, 2.05) is 12.3 Å². The third kappa shape index (κ3) is 3.21. The second-order valence-corrected chi connectivity index (χ2v) is 5.70. The molecule has 16 heavy (non-hydrogen) atoms. The van der Waals surface area contributed by atoms with Crippen LogP contribution in [0.4, 0.5) is 5.82 Å². The maximum atomic E-state index is 4.49. The predicted molar refractivity (Wildman–Crippen MR) is 74.0 cm³/mol. The van der Waals surface area contributed by atoms with Gasteiger partial charge in [0.25, 0.3) is 0 Å². The van der Waals surface area contributed by atoms with Crippen molar-refractivity contribution in [3.05, 3.63) is 22.3 Å². The Morgan fingerprint density at radius 1 is 1.31 bits per heavy atom. The second kappa shape index (κ2) is 5.67. The first kappa shape index (κ1) is 13.5. The molecule has 0 aliphatic rings. The number of pyridine rings is 1. The Kier molecular flexibility index (Phi) is 4.78. The molecule has 0 amide bonds. The van der Waals surface area contributed by atoms with E-state index < -0.39 is 0 Å². The summed E-state index contributed by atoms with van der Waals surface area (Å²) in [5.74, 6) is 1.69. The number of rotatable bonds is 4. The first-order chi connectivity index (χ1) is 7.43. The summed E-state index contributed by atoms with van der Waals surface area (Å²) in [4.78, 5) is 6.84.